The number of carbonyl (C=O) groups is 3. The van der Waals surface area contributed by atoms with E-state index in [-0.39, 0.29) is 47.4 Å². The van der Waals surface area contributed by atoms with Crippen LogP contribution in [-0.4, -0.2) is 47.0 Å². The molecule has 2 saturated heterocycles. The summed E-state index contributed by atoms with van der Waals surface area (Å²) >= 11 is 0. The summed E-state index contributed by atoms with van der Waals surface area (Å²) in [4.78, 5) is 38.8. The topological polar surface area (TPSA) is 66.5 Å². The number of carbonyl (C=O) groups excluding carboxylic acids is 3. The quantitative estimate of drug-likeness (QED) is 0.837. The first-order valence-corrected chi connectivity index (χ1v) is 8.47. The monoisotopic (exact) mass is 308 g/mol. The summed E-state index contributed by atoms with van der Waals surface area (Å²) in [7, 11) is 0. The smallest absolute Gasteiger partial charge is 0.240 e. The SMILES string of the molecule is CC(C)C(=O)[C@@H]1CC[C@H](C(=O)N2CCC[C@H]2C(=O)C(C)C)N1. The van der Waals surface area contributed by atoms with Gasteiger partial charge in [-0.05, 0) is 25.7 Å². The fraction of sp³-hybridized carbons (Fsp3) is 0.824. The Hall–Kier alpha value is -1.23. The van der Waals surface area contributed by atoms with E-state index in [4.69, 9.17) is 0 Å². The van der Waals surface area contributed by atoms with Crippen LogP contribution in [0.25, 0.3) is 0 Å². The number of Topliss-reactive ketones (excluding diaryl/α,β-unsaturated/α-hetero) is 2. The molecule has 2 heterocycles. The minimum atomic E-state index is -0.312. The lowest BCUT2D eigenvalue weighted by atomic mass is 9.99. The molecular formula is C17H28N2O3. The lowest BCUT2D eigenvalue weighted by molar-refractivity contribution is -0.140. The van der Waals surface area contributed by atoms with Crippen LogP contribution in [0.4, 0.5) is 0 Å². The highest BCUT2D eigenvalue weighted by molar-refractivity contribution is 5.93. The van der Waals surface area contributed by atoms with Crippen LogP contribution in [0, 0.1) is 11.8 Å². The molecule has 0 saturated carbocycles. The Morgan fingerprint density at radius 2 is 1.50 bits per heavy atom. The van der Waals surface area contributed by atoms with Gasteiger partial charge in [-0.1, -0.05) is 27.7 Å². The van der Waals surface area contributed by atoms with Crippen LogP contribution in [0.1, 0.15) is 53.4 Å². The van der Waals surface area contributed by atoms with Crippen molar-refractivity contribution >= 4 is 17.5 Å². The summed E-state index contributed by atoms with van der Waals surface area (Å²) in [5, 5.41) is 3.19. The van der Waals surface area contributed by atoms with Crippen molar-refractivity contribution in [2.75, 3.05) is 6.54 Å². The van der Waals surface area contributed by atoms with Crippen molar-refractivity contribution in [2.24, 2.45) is 11.8 Å². The van der Waals surface area contributed by atoms with Crippen LogP contribution in [0.2, 0.25) is 0 Å². The Morgan fingerprint density at radius 3 is 2.09 bits per heavy atom. The summed E-state index contributed by atoms with van der Waals surface area (Å²) in [6.45, 7) is 8.19. The third-order valence-electron chi connectivity index (χ3n) is 4.79. The van der Waals surface area contributed by atoms with E-state index in [1.54, 1.807) is 4.90 Å². The third-order valence-corrected chi connectivity index (χ3v) is 4.79. The molecular weight excluding hydrogens is 280 g/mol. The highest BCUT2D eigenvalue weighted by Gasteiger charge is 2.41. The van der Waals surface area contributed by atoms with E-state index in [2.05, 4.69) is 5.32 Å². The normalized spacial score (nSPS) is 28.6. The third kappa shape index (κ3) is 3.40. The molecule has 0 radical (unpaired) electrons. The Bertz CT molecular complexity index is 459. The van der Waals surface area contributed by atoms with Crippen molar-refractivity contribution < 1.29 is 14.4 Å². The van der Waals surface area contributed by atoms with Gasteiger partial charge >= 0.3 is 0 Å². The fourth-order valence-electron chi connectivity index (χ4n) is 3.48. The molecule has 0 aliphatic carbocycles. The molecule has 2 aliphatic heterocycles. The average molecular weight is 308 g/mol. The molecule has 1 amide bonds. The Labute approximate surface area is 132 Å². The number of hydrogen-bond donors (Lipinski definition) is 1. The Balaban J connectivity index is 2.00. The molecule has 3 atom stereocenters. The van der Waals surface area contributed by atoms with Crippen molar-refractivity contribution in [3.63, 3.8) is 0 Å². The lowest BCUT2D eigenvalue weighted by Crippen LogP contribution is -2.51. The van der Waals surface area contributed by atoms with E-state index in [1.165, 1.54) is 0 Å². The zero-order valence-electron chi connectivity index (χ0n) is 14.1. The molecule has 0 bridgehead atoms. The lowest BCUT2D eigenvalue weighted by Gasteiger charge is -2.28. The minimum Gasteiger partial charge on any atom is -0.331 e. The van der Waals surface area contributed by atoms with E-state index in [1.807, 2.05) is 27.7 Å². The van der Waals surface area contributed by atoms with Gasteiger partial charge in [-0.15, -0.1) is 0 Å². The molecule has 0 aromatic rings. The number of amides is 1. The second-order valence-electron chi connectivity index (χ2n) is 7.15. The molecule has 2 aliphatic rings. The van der Waals surface area contributed by atoms with Gasteiger partial charge in [0.25, 0.3) is 0 Å². The number of rotatable bonds is 5. The maximum absolute atomic E-state index is 12.7. The van der Waals surface area contributed by atoms with Crippen LogP contribution in [0.3, 0.4) is 0 Å². The Kier molecular flexibility index (Phi) is 5.37. The fourth-order valence-corrected chi connectivity index (χ4v) is 3.48. The van der Waals surface area contributed by atoms with E-state index in [0.29, 0.717) is 19.4 Å². The predicted octanol–water partition coefficient (Wildman–Crippen LogP) is 1.55. The summed E-state index contributed by atoms with van der Waals surface area (Å²) in [5.74, 6) is 0.249. The molecule has 1 N–H and O–H groups in total. The molecule has 2 fully saturated rings. The second-order valence-corrected chi connectivity index (χ2v) is 7.15. The van der Waals surface area contributed by atoms with Gasteiger partial charge in [-0.2, -0.15) is 0 Å². The van der Waals surface area contributed by atoms with E-state index < -0.39 is 0 Å². The summed E-state index contributed by atoms with van der Waals surface area (Å²) < 4.78 is 0. The van der Waals surface area contributed by atoms with Gasteiger partial charge in [0.2, 0.25) is 5.91 Å². The molecule has 22 heavy (non-hydrogen) atoms. The van der Waals surface area contributed by atoms with Crippen LogP contribution >= 0.6 is 0 Å². The van der Waals surface area contributed by atoms with E-state index >= 15 is 0 Å². The van der Waals surface area contributed by atoms with Gasteiger partial charge in [0.05, 0.1) is 18.1 Å². The van der Waals surface area contributed by atoms with Gasteiger partial charge in [0.1, 0.15) is 0 Å². The van der Waals surface area contributed by atoms with Crippen molar-refractivity contribution in [1.82, 2.24) is 10.2 Å². The zero-order valence-corrected chi connectivity index (χ0v) is 14.1. The zero-order chi connectivity index (χ0) is 16.4. The van der Waals surface area contributed by atoms with Gasteiger partial charge in [0.15, 0.2) is 11.6 Å². The standard InChI is InChI=1S/C17H28N2O3/c1-10(2)15(20)12-7-8-13(18-12)17(22)19-9-5-6-14(19)16(21)11(3)4/h10-14,18H,5-9H2,1-4H3/t12-,13+,14-/m0/s1. The molecule has 5 heteroatoms. The molecule has 0 aromatic heterocycles. The highest BCUT2D eigenvalue weighted by atomic mass is 16.2. The average Bonchev–Trinajstić information content (AvgIpc) is 3.13. The first kappa shape index (κ1) is 17.1. The van der Waals surface area contributed by atoms with E-state index in [0.717, 1.165) is 12.8 Å². The highest BCUT2D eigenvalue weighted by Crippen LogP contribution is 2.25. The van der Waals surface area contributed by atoms with Gasteiger partial charge < -0.3 is 4.90 Å². The first-order chi connectivity index (χ1) is 10.3. The van der Waals surface area contributed by atoms with Crippen molar-refractivity contribution in [3.05, 3.63) is 0 Å². The number of nitrogens with zero attached hydrogens (tertiary/aromatic N) is 1. The summed E-state index contributed by atoms with van der Waals surface area (Å²) in [5.41, 5.74) is 0. The number of nitrogens with one attached hydrogen (secondary N) is 1. The molecule has 2 rings (SSSR count). The molecule has 0 aromatic carbocycles. The van der Waals surface area contributed by atoms with Crippen molar-refractivity contribution in [2.45, 2.75) is 71.5 Å². The van der Waals surface area contributed by atoms with Crippen LogP contribution in [0.15, 0.2) is 0 Å². The second kappa shape index (κ2) is 6.90. The van der Waals surface area contributed by atoms with Crippen LogP contribution in [-0.2, 0) is 14.4 Å². The van der Waals surface area contributed by atoms with Gasteiger partial charge in [-0.3, -0.25) is 19.7 Å². The molecule has 5 nitrogen and oxygen atoms in total. The number of ketones is 2. The molecule has 0 unspecified atom stereocenters. The molecule has 124 valence electrons. The first-order valence-electron chi connectivity index (χ1n) is 8.47. The maximum atomic E-state index is 12.7. The Morgan fingerprint density at radius 1 is 0.909 bits per heavy atom. The summed E-state index contributed by atoms with van der Waals surface area (Å²) in [6.07, 6.45) is 3.05. The number of hydrogen-bond acceptors (Lipinski definition) is 4. The van der Waals surface area contributed by atoms with Crippen LogP contribution in [0.5, 0.6) is 0 Å². The van der Waals surface area contributed by atoms with Crippen LogP contribution < -0.4 is 5.32 Å². The summed E-state index contributed by atoms with van der Waals surface area (Å²) in [6, 6.07) is -0.793. The maximum Gasteiger partial charge on any atom is 0.240 e. The predicted molar refractivity (Wildman–Crippen MR) is 84.4 cm³/mol. The van der Waals surface area contributed by atoms with Crippen molar-refractivity contribution in [1.29, 1.82) is 0 Å². The molecule has 0 spiro atoms. The van der Waals surface area contributed by atoms with E-state index in [9.17, 15) is 14.4 Å². The largest absolute Gasteiger partial charge is 0.331 e. The minimum absolute atomic E-state index is 0.00411. The van der Waals surface area contributed by atoms with Gasteiger partial charge in [-0.25, -0.2) is 0 Å². The van der Waals surface area contributed by atoms with Gasteiger partial charge in [0, 0.05) is 18.4 Å². The van der Waals surface area contributed by atoms with Crippen molar-refractivity contribution in [3.8, 4) is 0 Å². The number of likely N-dealkylation sites (tertiary alicyclic amines) is 1.